The highest BCUT2D eigenvalue weighted by molar-refractivity contribution is 7.09. The monoisotopic (exact) mass is 242 g/mol. The van der Waals surface area contributed by atoms with Gasteiger partial charge in [0.2, 0.25) is 5.91 Å². The van der Waals surface area contributed by atoms with Crippen LogP contribution in [0.4, 0.5) is 0 Å². The van der Waals surface area contributed by atoms with E-state index >= 15 is 0 Å². The van der Waals surface area contributed by atoms with Crippen LogP contribution in [0.2, 0.25) is 0 Å². The molecule has 0 saturated carbocycles. The van der Waals surface area contributed by atoms with Crippen molar-refractivity contribution in [2.75, 3.05) is 0 Å². The molecule has 5 nitrogen and oxygen atoms in total. The van der Waals surface area contributed by atoms with Gasteiger partial charge in [-0.05, 0) is 0 Å². The zero-order chi connectivity index (χ0) is 12.3. The van der Waals surface area contributed by atoms with Gasteiger partial charge in [0.05, 0.1) is 6.54 Å². The Kier molecular flexibility index (Phi) is 3.64. The maximum Gasteiger partial charge on any atom is 0.355 e. The predicted octanol–water partition coefficient (Wildman–Crippen LogP) is 1.50. The van der Waals surface area contributed by atoms with Crippen LogP contribution in [-0.2, 0) is 11.3 Å². The Balaban J connectivity index is 2.55. The number of hydrogen-bond acceptors (Lipinski definition) is 4. The Bertz CT molecular complexity index is 406. The summed E-state index contributed by atoms with van der Waals surface area (Å²) in [6, 6.07) is 0. The second-order valence-electron chi connectivity index (χ2n) is 4.36. The topological polar surface area (TPSA) is 79.3 Å². The fraction of sp³-hybridized carbons (Fsp3) is 0.500. The summed E-state index contributed by atoms with van der Waals surface area (Å²) < 4.78 is 0. The molecule has 0 bridgehead atoms. The van der Waals surface area contributed by atoms with Crippen molar-refractivity contribution >= 4 is 23.2 Å². The molecule has 0 aromatic carbocycles. The van der Waals surface area contributed by atoms with E-state index < -0.39 is 11.4 Å². The van der Waals surface area contributed by atoms with Gasteiger partial charge in [-0.15, -0.1) is 11.3 Å². The molecule has 2 N–H and O–H groups in total. The third-order valence-corrected chi connectivity index (χ3v) is 2.70. The number of amides is 1. The maximum absolute atomic E-state index is 11.5. The highest BCUT2D eigenvalue weighted by Gasteiger charge is 2.21. The van der Waals surface area contributed by atoms with Crippen molar-refractivity contribution in [3.05, 3.63) is 16.1 Å². The summed E-state index contributed by atoms with van der Waals surface area (Å²) in [5, 5.41) is 13.4. The van der Waals surface area contributed by atoms with Gasteiger partial charge in [0.25, 0.3) is 0 Å². The molecule has 1 amide bonds. The molecule has 1 rings (SSSR count). The molecule has 88 valence electrons. The normalized spacial score (nSPS) is 11.2. The number of hydrogen-bond donors (Lipinski definition) is 2. The van der Waals surface area contributed by atoms with E-state index in [2.05, 4.69) is 10.3 Å². The Morgan fingerprint density at radius 2 is 2.12 bits per heavy atom. The number of nitrogens with one attached hydrogen (secondary N) is 1. The van der Waals surface area contributed by atoms with E-state index in [1.807, 2.05) is 20.8 Å². The summed E-state index contributed by atoms with van der Waals surface area (Å²) in [5.74, 6) is -1.13. The quantitative estimate of drug-likeness (QED) is 0.842. The molecule has 0 atom stereocenters. The van der Waals surface area contributed by atoms with Gasteiger partial charge in [-0.3, -0.25) is 4.79 Å². The van der Waals surface area contributed by atoms with Crippen LogP contribution >= 0.6 is 11.3 Å². The van der Waals surface area contributed by atoms with E-state index in [0.29, 0.717) is 5.01 Å². The van der Waals surface area contributed by atoms with Gasteiger partial charge in [0, 0.05) is 10.8 Å². The minimum Gasteiger partial charge on any atom is -0.476 e. The molecule has 0 radical (unpaired) electrons. The molecular formula is C10H14N2O3S. The van der Waals surface area contributed by atoms with E-state index in [4.69, 9.17) is 5.11 Å². The molecule has 1 heterocycles. The van der Waals surface area contributed by atoms with Gasteiger partial charge in [0.1, 0.15) is 5.01 Å². The lowest BCUT2D eigenvalue weighted by Crippen LogP contribution is -2.34. The molecule has 0 aliphatic rings. The van der Waals surface area contributed by atoms with Crippen molar-refractivity contribution in [1.82, 2.24) is 10.3 Å². The SMILES string of the molecule is CC(C)(C)C(=O)NCc1nc(C(=O)O)cs1. The molecule has 1 aromatic rings. The average molecular weight is 242 g/mol. The van der Waals surface area contributed by atoms with Crippen LogP contribution in [-0.4, -0.2) is 22.0 Å². The van der Waals surface area contributed by atoms with E-state index in [1.54, 1.807) is 0 Å². The first-order valence-corrected chi connectivity index (χ1v) is 5.64. The Morgan fingerprint density at radius 3 is 2.56 bits per heavy atom. The zero-order valence-corrected chi connectivity index (χ0v) is 10.2. The number of carboxylic acids is 1. The predicted molar refractivity (Wildman–Crippen MR) is 60.4 cm³/mol. The van der Waals surface area contributed by atoms with Gasteiger partial charge in [-0.2, -0.15) is 0 Å². The number of rotatable bonds is 3. The molecule has 0 aliphatic heterocycles. The molecular weight excluding hydrogens is 228 g/mol. The Labute approximate surface area is 97.5 Å². The fourth-order valence-electron chi connectivity index (χ4n) is 0.911. The molecule has 0 saturated heterocycles. The van der Waals surface area contributed by atoms with E-state index in [9.17, 15) is 9.59 Å². The molecule has 0 fully saturated rings. The minimum absolute atomic E-state index is 0.0185. The van der Waals surface area contributed by atoms with Crippen LogP contribution in [0.25, 0.3) is 0 Å². The van der Waals surface area contributed by atoms with Crippen molar-refractivity contribution in [1.29, 1.82) is 0 Å². The third kappa shape index (κ3) is 3.30. The Hall–Kier alpha value is -1.43. The smallest absolute Gasteiger partial charge is 0.355 e. The van der Waals surface area contributed by atoms with E-state index in [1.165, 1.54) is 16.7 Å². The van der Waals surface area contributed by atoms with Crippen LogP contribution < -0.4 is 5.32 Å². The van der Waals surface area contributed by atoms with Gasteiger partial charge < -0.3 is 10.4 Å². The van der Waals surface area contributed by atoms with Gasteiger partial charge in [-0.25, -0.2) is 9.78 Å². The van der Waals surface area contributed by atoms with Crippen LogP contribution in [0.3, 0.4) is 0 Å². The molecule has 6 heteroatoms. The lowest BCUT2D eigenvalue weighted by Gasteiger charge is -2.16. The lowest BCUT2D eigenvalue weighted by molar-refractivity contribution is -0.128. The van der Waals surface area contributed by atoms with Crippen LogP contribution in [0.5, 0.6) is 0 Å². The second kappa shape index (κ2) is 4.61. The number of aromatic carboxylic acids is 1. The van der Waals surface area contributed by atoms with E-state index in [-0.39, 0.29) is 18.1 Å². The number of thiazole rings is 1. The summed E-state index contributed by atoms with van der Waals surface area (Å²) in [7, 11) is 0. The van der Waals surface area contributed by atoms with E-state index in [0.717, 1.165) is 0 Å². The fourth-order valence-corrected chi connectivity index (χ4v) is 1.62. The minimum atomic E-state index is -1.05. The number of nitrogens with zero attached hydrogens (tertiary/aromatic N) is 1. The first kappa shape index (κ1) is 12.6. The lowest BCUT2D eigenvalue weighted by atomic mass is 9.96. The molecule has 1 aromatic heterocycles. The highest BCUT2D eigenvalue weighted by Crippen LogP contribution is 2.14. The summed E-state index contributed by atoms with van der Waals surface area (Å²) in [4.78, 5) is 26.0. The summed E-state index contributed by atoms with van der Waals surface area (Å²) in [6.45, 7) is 5.71. The van der Waals surface area contributed by atoms with Crippen LogP contribution in [0, 0.1) is 5.41 Å². The summed E-state index contributed by atoms with van der Waals surface area (Å²) in [5.41, 5.74) is -0.433. The first-order chi connectivity index (χ1) is 7.30. The van der Waals surface area contributed by atoms with Crippen LogP contribution in [0.1, 0.15) is 36.3 Å². The maximum atomic E-state index is 11.5. The van der Waals surface area contributed by atoms with Crippen LogP contribution in [0.15, 0.2) is 5.38 Å². The Morgan fingerprint density at radius 1 is 1.50 bits per heavy atom. The molecule has 0 unspecified atom stereocenters. The van der Waals surface area contributed by atoms with Gasteiger partial charge >= 0.3 is 5.97 Å². The second-order valence-corrected chi connectivity index (χ2v) is 5.31. The largest absolute Gasteiger partial charge is 0.476 e. The third-order valence-electron chi connectivity index (χ3n) is 1.85. The van der Waals surface area contributed by atoms with Crippen molar-refractivity contribution in [2.24, 2.45) is 5.41 Å². The number of carbonyl (C=O) groups excluding carboxylic acids is 1. The van der Waals surface area contributed by atoms with Crippen molar-refractivity contribution in [2.45, 2.75) is 27.3 Å². The number of carboxylic acid groups (broad SMARTS) is 1. The van der Waals surface area contributed by atoms with Crippen molar-refractivity contribution < 1.29 is 14.7 Å². The van der Waals surface area contributed by atoms with Gasteiger partial charge in [-0.1, -0.05) is 20.8 Å². The van der Waals surface area contributed by atoms with Crippen molar-refractivity contribution in [3.8, 4) is 0 Å². The standard InChI is InChI=1S/C10H14N2O3S/c1-10(2,3)9(15)11-4-7-12-6(5-16-7)8(13)14/h5H,4H2,1-3H3,(H,11,15)(H,13,14). The van der Waals surface area contributed by atoms with Crippen molar-refractivity contribution in [3.63, 3.8) is 0 Å². The summed E-state index contributed by atoms with van der Waals surface area (Å²) in [6.07, 6.45) is 0. The molecule has 0 aliphatic carbocycles. The highest BCUT2D eigenvalue weighted by atomic mass is 32.1. The first-order valence-electron chi connectivity index (χ1n) is 4.76. The molecule has 0 spiro atoms. The van der Waals surface area contributed by atoms with Gasteiger partial charge in [0.15, 0.2) is 5.69 Å². The summed E-state index contributed by atoms with van der Waals surface area (Å²) >= 11 is 1.22. The zero-order valence-electron chi connectivity index (χ0n) is 9.40. The number of aromatic nitrogens is 1. The molecule has 16 heavy (non-hydrogen) atoms. The average Bonchev–Trinajstić information content (AvgIpc) is 2.60. The number of carbonyl (C=O) groups is 2.